The van der Waals surface area contributed by atoms with E-state index in [2.05, 4.69) is 15.3 Å². The zero-order valence-electron chi connectivity index (χ0n) is 5.78. The van der Waals surface area contributed by atoms with Crippen molar-refractivity contribution in [1.29, 1.82) is 0 Å². The molecule has 0 bridgehead atoms. The Balaban J connectivity index is 2.88. The number of rotatable bonds is 1. The molecule has 0 aliphatic heterocycles. The molecule has 0 amide bonds. The second-order valence-corrected chi connectivity index (χ2v) is 2.24. The van der Waals surface area contributed by atoms with Crippen LogP contribution in [0.15, 0.2) is 29.5 Å². The molecule has 1 aromatic carbocycles. The van der Waals surface area contributed by atoms with Gasteiger partial charge in [-0.05, 0) is 17.2 Å². The third-order valence-corrected chi connectivity index (χ3v) is 1.60. The highest BCUT2D eigenvalue weighted by atomic mass is 15.1. The smallest absolute Gasteiger partial charge is 0.140 e. The van der Waals surface area contributed by atoms with E-state index in [9.17, 15) is 0 Å². The van der Waals surface area contributed by atoms with Gasteiger partial charge in [-0.2, -0.15) is 10.6 Å². The second-order valence-electron chi connectivity index (χ2n) is 2.24. The van der Waals surface area contributed by atoms with E-state index in [4.69, 9.17) is 5.53 Å². The molecule has 0 saturated carbocycles. The fourth-order valence-electron chi connectivity index (χ4n) is 1.07. The minimum Gasteiger partial charge on any atom is -0.278 e. The maximum atomic E-state index is 5.16. The lowest BCUT2D eigenvalue weighted by atomic mass is 10.2. The van der Waals surface area contributed by atoms with Crippen LogP contribution in [-0.2, 0) is 0 Å². The lowest BCUT2D eigenvalue weighted by Crippen LogP contribution is -2.21. The molecule has 54 valence electrons. The SMILES string of the molecule is [NH2+]=Nc1cccc2[nH]ncc12. The summed E-state index contributed by atoms with van der Waals surface area (Å²) in [5.74, 6) is 0. The first-order valence-corrected chi connectivity index (χ1v) is 3.25. The molecule has 2 aromatic rings. The van der Waals surface area contributed by atoms with E-state index >= 15 is 0 Å². The number of benzene rings is 1. The van der Waals surface area contributed by atoms with E-state index in [1.54, 1.807) is 6.20 Å². The molecule has 4 heteroatoms. The fraction of sp³-hybridized carbons (Fsp3) is 0. The van der Waals surface area contributed by atoms with E-state index in [1.165, 1.54) is 0 Å². The van der Waals surface area contributed by atoms with Crippen molar-refractivity contribution >= 4 is 16.6 Å². The number of aromatic amines is 1. The summed E-state index contributed by atoms with van der Waals surface area (Å²) < 4.78 is 0. The molecule has 0 aliphatic rings. The topological polar surface area (TPSA) is 66.6 Å². The van der Waals surface area contributed by atoms with Crippen LogP contribution in [0.4, 0.5) is 5.69 Å². The third-order valence-electron chi connectivity index (χ3n) is 1.60. The standard InChI is InChI=1S/C7H6N4/c8-10-6-2-1-3-7-5(6)4-9-11-7/h1-4,8H,(H,9,11)/p+1. The van der Waals surface area contributed by atoms with Crippen molar-refractivity contribution in [2.45, 2.75) is 0 Å². The number of hydrogen-bond donors (Lipinski definition) is 2. The van der Waals surface area contributed by atoms with Crippen molar-refractivity contribution in [3.63, 3.8) is 0 Å². The second kappa shape index (κ2) is 2.16. The summed E-state index contributed by atoms with van der Waals surface area (Å²) in [6, 6.07) is 5.65. The molecule has 3 N–H and O–H groups in total. The van der Waals surface area contributed by atoms with Crippen molar-refractivity contribution in [3.8, 4) is 0 Å². The molecule has 1 heterocycles. The normalized spacial score (nSPS) is 10.2. The first-order valence-electron chi connectivity index (χ1n) is 3.25. The predicted octanol–water partition coefficient (Wildman–Crippen LogP) is 0.406. The number of nitrogens with two attached hydrogens (primary N) is 1. The predicted molar refractivity (Wildman–Crippen MR) is 40.1 cm³/mol. The third kappa shape index (κ3) is 0.797. The number of aromatic nitrogens is 2. The summed E-state index contributed by atoms with van der Waals surface area (Å²) >= 11 is 0. The average molecular weight is 147 g/mol. The van der Waals surface area contributed by atoms with Gasteiger partial charge < -0.3 is 0 Å². The van der Waals surface area contributed by atoms with Gasteiger partial charge in [0, 0.05) is 0 Å². The molecule has 0 aliphatic carbocycles. The molecule has 0 unspecified atom stereocenters. The summed E-state index contributed by atoms with van der Waals surface area (Å²) in [5.41, 5.74) is 6.87. The summed E-state index contributed by atoms with van der Waals surface area (Å²) in [7, 11) is 0. The van der Waals surface area contributed by atoms with Gasteiger partial charge in [-0.25, -0.2) is 0 Å². The number of H-pyrrole nitrogens is 1. The van der Waals surface area contributed by atoms with Crippen molar-refractivity contribution in [2.24, 2.45) is 5.11 Å². The zero-order valence-corrected chi connectivity index (χ0v) is 5.78. The van der Waals surface area contributed by atoms with Crippen LogP contribution in [0.5, 0.6) is 0 Å². The van der Waals surface area contributed by atoms with Crippen molar-refractivity contribution in [2.75, 3.05) is 0 Å². The van der Waals surface area contributed by atoms with Crippen molar-refractivity contribution in [3.05, 3.63) is 24.4 Å². The van der Waals surface area contributed by atoms with E-state index in [0.717, 1.165) is 16.6 Å². The molecule has 0 atom stereocenters. The van der Waals surface area contributed by atoms with Gasteiger partial charge in [-0.15, -0.1) is 0 Å². The first kappa shape index (κ1) is 6.03. The summed E-state index contributed by atoms with van der Waals surface area (Å²) in [5, 5.41) is 11.3. The molecule has 1 aromatic heterocycles. The Morgan fingerprint density at radius 1 is 1.45 bits per heavy atom. The van der Waals surface area contributed by atoms with Crippen LogP contribution in [0, 0.1) is 0 Å². The molecule has 0 fully saturated rings. The van der Waals surface area contributed by atoms with Gasteiger partial charge in [-0.3, -0.25) is 5.10 Å². The van der Waals surface area contributed by atoms with Crippen LogP contribution in [0.1, 0.15) is 0 Å². The number of fused-ring (bicyclic) bond motifs is 1. The average Bonchev–Trinajstić information content (AvgIpc) is 2.50. The highest BCUT2D eigenvalue weighted by Crippen LogP contribution is 2.21. The minimum absolute atomic E-state index is 0.760. The highest BCUT2D eigenvalue weighted by molar-refractivity contribution is 5.88. The minimum atomic E-state index is 0.760. The van der Waals surface area contributed by atoms with Gasteiger partial charge in [0.25, 0.3) is 0 Å². The van der Waals surface area contributed by atoms with Gasteiger partial charge in [0.2, 0.25) is 0 Å². The van der Waals surface area contributed by atoms with Crippen LogP contribution >= 0.6 is 0 Å². The molecule has 0 spiro atoms. The molecule has 2 rings (SSSR count). The summed E-state index contributed by atoms with van der Waals surface area (Å²) in [6.07, 6.45) is 1.71. The zero-order chi connectivity index (χ0) is 7.68. The number of nitrogens with one attached hydrogen (secondary N) is 1. The lowest BCUT2D eigenvalue weighted by Gasteiger charge is -1.87. The maximum absolute atomic E-state index is 5.16. The summed E-state index contributed by atoms with van der Waals surface area (Å²) in [6.45, 7) is 0. The van der Waals surface area contributed by atoms with Crippen LogP contribution in [0.25, 0.3) is 10.9 Å². The first-order chi connectivity index (χ1) is 5.42. The fourth-order valence-corrected chi connectivity index (χ4v) is 1.07. The van der Waals surface area contributed by atoms with E-state index in [1.807, 2.05) is 18.2 Å². The molecule has 0 saturated heterocycles. The molecule has 11 heavy (non-hydrogen) atoms. The quantitative estimate of drug-likeness (QED) is 0.563. The molecular formula is C7H7N4+. The van der Waals surface area contributed by atoms with Crippen LogP contribution < -0.4 is 5.53 Å². The van der Waals surface area contributed by atoms with Gasteiger partial charge in [0.1, 0.15) is 5.69 Å². The Labute approximate surface area is 62.7 Å². The Bertz CT molecular complexity index is 390. The largest absolute Gasteiger partial charge is 0.278 e. The Kier molecular flexibility index (Phi) is 1.18. The molecular weight excluding hydrogens is 140 g/mol. The molecule has 4 nitrogen and oxygen atoms in total. The van der Waals surface area contributed by atoms with Crippen LogP contribution in [0.3, 0.4) is 0 Å². The molecule has 0 radical (unpaired) electrons. The van der Waals surface area contributed by atoms with Gasteiger partial charge in [0.15, 0.2) is 0 Å². The monoisotopic (exact) mass is 147 g/mol. The summed E-state index contributed by atoms with van der Waals surface area (Å²) in [4.78, 5) is 0. The lowest BCUT2D eigenvalue weighted by molar-refractivity contribution is -0.210. The van der Waals surface area contributed by atoms with E-state index in [-0.39, 0.29) is 0 Å². The van der Waals surface area contributed by atoms with E-state index < -0.39 is 0 Å². The Morgan fingerprint density at radius 3 is 3.18 bits per heavy atom. The van der Waals surface area contributed by atoms with Gasteiger partial charge >= 0.3 is 0 Å². The van der Waals surface area contributed by atoms with Crippen LogP contribution in [0.2, 0.25) is 0 Å². The number of hydrogen-bond acceptors (Lipinski definition) is 2. The van der Waals surface area contributed by atoms with Gasteiger partial charge in [-0.1, -0.05) is 6.07 Å². The van der Waals surface area contributed by atoms with Crippen molar-refractivity contribution < 1.29 is 5.53 Å². The highest BCUT2D eigenvalue weighted by Gasteiger charge is 2.00. The van der Waals surface area contributed by atoms with Gasteiger partial charge in [0.05, 0.1) is 17.1 Å². The maximum Gasteiger partial charge on any atom is 0.140 e. The Morgan fingerprint density at radius 2 is 2.36 bits per heavy atom. The van der Waals surface area contributed by atoms with Crippen molar-refractivity contribution in [1.82, 2.24) is 10.2 Å². The number of nitrogens with zero attached hydrogens (tertiary/aromatic N) is 2. The Hall–Kier alpha value is -1.71. The van der Waals surface area contributed by atoms with E-state index in [0.29, 0.717) is 0 Å². The van der Waals surface area contributed by atoms with Crippen LogP contribution in [-0.4, -0.2) is 10.2 Å².